The largest absolute Gasteiger partial charge is 0.350 e. The van der Waals surface area contributed by atoms with E-state index in [1.807, 2.05) is 13.0 Å². The van der Waals surface area contributed by atoms with Gasteiger partial charge in [-0.1, -0.05) is 12.1 Å². The minimum Gasteiger partial charge on any atom is -0.350 e. The van der Waals surface area contributed by atoms with Gasteiger partial charge in [0.2, 0.25) is 5.91 Å². The molecular formula is C14H14FN3O. The molecule has 0 fully saturated rings. The first-order valence-electron chi connectivity index (χ1n) is 5.92. The lowest BCUT2D eigenvalue weighted by molar-refractivity contribution is -0.120. The maximum atomic E-state index is 12.7. The molecule has 2 rings (SSSR count). The standard InChI is InChI=1S/C14H14FN3O/c1-10-6-13(18-9-17-10)8-16-14(19)7-11-2-4-12(15)5-3-11/h2-6,9H,7-8H2,1H3,(H,16,19). The van der Waals surface area contributed by atoms with Crippen molar-refractivity contribution < 1.29 is 9.18 Å². The third-order valence-corrected chi connectivity index (χ3v) is 2.61. The zero-order valence-electron chi connectivity index (χ0n) is 10.6. The number of aromatic nitrogens is 2. The molecule has 0 aliphatic heterocycles. The second-order valence-electron chi connectivity index (χ2n) is 4.23. The summed E-state index contributed by atoms with van der Waals surface area (Å²) in [5.74, 6) is -0.427. The number of aryl methyl sites for hydroxylation is 1. The molecule has 0 aliphatic rings. The van der Waals surface area contributed by atoms with Crippen LogP contribution >= 0.6 is 0 Å². The van der Waals surface area contributed by atoms with E-state index in [0.717, 1.165) is 17.0 Å². The predicted molar refractivity (Wildman–Crippen MR) is 68.7 cm³/mol. The fourth-order valence-electron chi connectivity index (χ4n) is 1.65. The highest BCUT2D eigenvalue weighted by atomic mass is 19.1. The zero-order valence-corrected chi connectivity index (χ0v) is 10.6. The van der Waals surface area contributed by atoms with Crippen LogP contribution in [0.5, 0.6) is 0 Å². The molecule has 1 amide bonds. The Morgan fingerprint density at radius 3 is 2.68 bits per heavy atom. The van der Waals surface area contributed by atoms with Gasteiger partial charge in [0.15, 0.2) is 0 Å². The Morgan fingerprint density at radius 2 is 2.00 bits per heavy atom. The summed E-state index contributed by atoms with van der Waals surface area (Å²) in [5.41, 5.74) is 2.40. The summed E-state index contributed by atoms with van der Waals surface area (Å²) < 4.78 is 12.7. The van der Waals surface area contributed by atoms with E-state index in [4.69, 9.17) is 0 Å². The summed E-state index contributed by atoms with van der Waals surface area (Å²) in [5, 5.41) is 2.77. The molecule has 98 valence electrons. The molecule has 0 aliphatic carbocycles. The molecule has 1 heterocycles. The van der Waals surface area contributed by atoms with Gasteiger partial charge < -0.3 is 5.32 Å². The predicted octanol–water partition coefficient (Wildman–Crippen LogP) is 1.78. The van der Waals surface area contributed by atoms with E-state index in [0.29, 0.717) is 6.54 Å². The number of carbonyl (C=O) groups excluding carboxylic acids is 1. The Balaban J connectivity index is 1.86. The van der Waals surface area contributed by atoms with E-state index in [2.05, 4.69) is 15.3 Å². The number of nitrogens with zero attached hydrogens (tertiary/aromatic N) is 2. The van der Waals surface area contributed by atoms with Gasteiger partial charge in [-0.05, 0) is 30.7 Å². The summed E-state index contributed by atoms with van der Waals surface area (Å²) in [4.78, 5) is 19.7. The minimum atomic E-state index is -0.305. The van der Waals surface area contributed by atoms with Crippen LogP contribution in [0.4, 0.5) is 4.39 Å². The lowest BCUT2D eigenvalue weighted by atomic mass is 10.1. The highest BCUT2D eigenvalue weighted by Gasteiger charge is 2.04. The van der Waals surface area contributed by atoms with Crippen LogP contribution in [0, 0.1) is 12.7 Å². The number of carbonyl (C=O) groups is 1. The maximum Gasteiger partial charge on any atom is 0.224 e. The highest BCUT2D eigenvalue weighted by Crippen LogP contribution is 2.03. The highest BCUT2D eigenvalue weighted by molar-refractivity contribution is 5.78. The molecule has 1 aromatic heterocycles. The van der Waals surface area contributed by atoms with Gasteiger partial charge in [0.05, 0.1) is 18.7 Å². The van der Waals surface area contributed by atoms with Crippen LogP contribution < -0.4 is 5.32 Å². The molecule has 0 saturated heterocycles. The number of halogens is 1. The zero-order chi connectivity index (χ0) is 13.7. The molecule has 0 unspecified atom stereocenters. The number of hydrogen-bond acceptors (Lipinski definition) is 3. The topological polar surface area (TPSA) is 54.9 Å². The molecule has 4 nitrogen and oxygen atoms in total. The lowest BCUT2D eigenvalue weighted by Gasteiger charge is -2.05. The fraction of sp³-hybridized carbons (Fsp3) is 0.214. The molecular weight excluding hydrogens is 245 g/mol. The van der Waals surface area contributed by atoms with E-state index in [-0.39, 0.29) is 18.1 Å². The van der Waals surface area contributed by atoms with Crippen molar-refractivity contribution in [1.82, 2.24) is 15.3 Å². The van der Waals surface area contributed by atoms with Crippen LogP contribution in [-0.2, 0) is 17.8 Å². The summed E-state index contributed by atoms with van der Waals surface area (Å²) in [6, 6.07) is 7.71. The number of hydrogen-bond donors (Lipinski definition) is 1. The number of benzene rings is 1. The molecule has 1 N–H and O–H groups in total. The van der Waals surface area contributed by atoms with Gasteiger partial charge >= 0.3 is 0 Å². The third-order valence-electron chi connectivity index (χ3n) is 2.61. The van der Waals surface area contributed by atoms with Crippen LogP contribution in [0.1, 0.15) is 17.0 Å². The quantitative estimate of drug-likeness (QED) is 0.910. The van der Waals surface area contributed by atoms with Crippen LogP contribution in [0.2, 0.25) is 0 Å². The average molecular weight is 259 g/mol. The van der Waals surface area contributed by atoms with Crippen molar-refractivity contribution in [3.63, 3.8) is 0 Å². The normalized spacial score (nSPS) is 10.2. The molecule has 0 atom stereocenters. The van der Waals surface area contributed by atoms with Crippen molar-refractivity contribution in [1.29, 1.82) is 0 Å². The Bertz CT molecular complexity index is 569. The molecule has 0 saturated carbocycles. The monoisotopic (exact) mass is 259 g/mol. The molecule has 0 radical (unpaired) electrons. The Hall–Kier alpha value is -2.30. The van der Waals surface area contributed by atoms with Crippen molar-refractivity contribution in [2.45, 2.75) is 19.9 Å². The van der Waals surface area contributed by atoms with E-state index in [1.165, 1.54) is 18.5 Å². The number of nitrogens with one attached hydrogen (secondary N) is 1. The first-order chi connectivity index (χ1) is 9.13. The number of rotatable bonds is 4. The van der Waals surface area contributed by atoms with E-state index in [1.54, 1.807) is 12.1 Å². The van der Waals surface area contributed by atoms with Crippen molar-refractivity contribution in [2.24, 2.45) is 0 Å². The maximum absolute atomic E-state index is 12.7. The van der Waals surface area contributed by atoms with E-state index >= 15 is 0 Å². The van der Waals surface area contributed by atoms with E-state index in [9.17, 15) is 9.18 Å². The second-order valence-corrected chi connectivity index (χ2v) is 4.23. The van der Waals surface area contributed by atoms with Crippen molar-refractivity contribution >= 4 is 5.91 Å². The van der Waals surface area contributed by atoms with Gasteiger partial charge in [-0.25, -0.2) is 14.4 Å². The molecule has 0 spiro atoms. The molecule has 1 aromatic carbocycles. The van der Waals surface area contributed by atoms with E-state index < -0.39 is 0 Å². The van der Waals surface area contributed by atoms with Gasteiger partial charge in [0, 0.05) is 5.69 Å². The van der Waals surface area contributed by atoms with Gasteiger partial charge in [-0.2, -0.15) is 0 Å². The first-order valence-corrected chi connectivity index (χ1v) is 5.92. The minimum absolute atomic E-state index is 0.122. The first kappa shape index (κ1) is 13.1. The summed E-state index contributed by atoms with van der Waals surface area (Å²) in [6.07, 6.45) is 1.70. The van der Waals surface area contributed by atoms with Crippen LogP contribution in [0.3, 0.4) is 0 Å². The van der Waals surface area contributed by atoms with Gasteiger partial charge in [0.25, 0.3) is 0 Å². The average Bonchev–Trinajstić information content (AvgIpc) is 2.39. The summed E-state index contributed by atoms with van der Waals surface area (Å²) in [6.45, 7) is 2.23. The molecule has 0 bridgehead atoms. The lowest BCUT2D eigenvalue weighted by Crippen LogP contribution is -2.25. The van der Waals surface area contributed by atoms with Crippen LogP contribution in [-0.4, -0.2) is 15.9 Å². The molecule has 5 heteroatoms. The van der Waals surface area contributed by atoms with Crippen molar-refractivity contribution in [3.05, 3.63) is 59.4 Å². The fourth-order valence-corrected chi connectivity index (χ4v) is 1.65. The smallest absolute Gasteiger partial charge is 0.224 e. The summed E-state index contributed by atoms with van der Waals surface area (Å²) >= 11 is 0. The Labute approximate surface area is 110 Å². The number of amides is 1. The van der Waals surface area contributed by atoms with Crippen LogP contribution in [0.25, 0.3) is 0 Å². The van der Waals surface area contributed by atoms with Crippen LogP contribution in [0.15, 0.2) is 36.7 Å². The molecule has 2 aromatic rings. The molecule has 19 heavy (non-hydrogen) atoms. The Kier molecular flexibility index (Phi) is 4.18. The van der Waals surface area contributed by atoms with Gasteiger partial charge in [0.1, 0.15) is 12.1 Å². The SMILES string of the molecule is Cc1cc(CNC(=O)Cc2ccc(F)cc2)ncn1. The third kappa shape index (κ3) is 4.13. The second kappa shape index (κ2) is 6.04. The Morgan fingerprint density at radius 1 is 1.26 bits per heavy atom. The van der Waals surface area contributed by atoms with Crippen molar-refractivity contribution in [2.75, 3.05) is 0 Å². The van der Waals surface area contributed by atoms with Gasteiger partial charge in [-0.3, -0.25) is 4.79 Å². The van der Waals surface area contributed by atoms with Crippen molar-refractivity contribution in [3.8, 4) is 0 Å². The summed E-state index contributed by atoms with van der Waals surface area (Å²) in [7, 11) is 0. The van der Waals surface area contributed by atoms with Gasteiger partial charge in [-0.15, -0.1) is 0 Å².